The van der Waals surface area contributed by atoms with Crippen molar-refractivity contribution in [2.75, 3.05) is 32.0 Å². The first-order valence-corrected chi connectivity index (χ1v) is 13.6. The van der Waals surface area contributed by atoms with Gasteiger partial charge in [-0.2, -0.15) is 12.7 Å². The van der Waals surface area contributed by atoms with Crippen molar-refractivity contribution in [1.82, 2.24) is 14.5 Å². The molecule has 0 unspecified atom stereocenters. The fourth-order valence-electron chi connectivity index (χ4n) is 3.86. The molecule has 38 heavy (non-hydrogen) atoms. The second kappa shape index (κ2) is 12.9. The highest BCUT2D eigenvalue weighted by Gasteiger charge is 2.35. The van der Waals surface area contributed by atoms with Gasteiger partial charge in [-0.15, -0.1) is 0 Å². The second-order valence-electron chi connectivity index (χ2n) is 8.72. The van der Waals surface area contributed by atoms with E-state index in [1.54, 1.807) is 24.3 Å². The Hall–Kier alpha value is -3.47. The van der Waals surface area contributed by atoms with Gasteiger partial charge >= 0.3 is 10.2 Å². The molecule has 0 saturated carbocycles. The summed E-state index contributed by atoms with van der Waals surface area (Å²) >= 11 is 6.03. The highest BCUT2D eigenvalue weighted by Crippen LogP contribution is 2.24. The van der Waals surface area contributed by atoms with Gasteiger partial charge < -0.3 is 10.2 Å². The van der Waals surface area contributed by atoms with Gasteiger partial charge in [-0.05, 0) is 35.4 Å². The minimum Gasteiger partial charge on any atom is -0.357 e. The van der Waals surface area contributed by atoms with E-state index in [2.05, 4.69) is 5.32 Å². The number of carbonyl (C=O) groups excluding carboxylic acids is 2. The molecule has 1 atom stereocenters. The van der Waals surface area contributed by atoms with Crippen LogP contribution in [0, 0.1) is 5.82 Å². The summed E-state index contributed by atoms with van der Waals surface area (Å²) in [6, 6.07) is 20.3. The van der Waals surface area contributed by atoms with Gasteiger partial charge in [-0.1, -0.05) is 66.2 Å². The van der Waals surface area contributed by atoms with Crippen LogP contribution in [-0.4, -0.2) is 63.2 Å². The summed E-state index contributed by atoms with van der Waals surface area (Å²) in [5.41, 5.74) is 1.21. The zero-order valence-electron chi connectivity index (χ0n) is 21.3. The van der Waals surface area contributed by atoms with E-state index in [0.29, 0.717) is 14.9 Å². The van der Waals surface area contributed by atoms with Crippen molar-refractivity contribution in [1.29, 1.82) is 0 Å². The molecule has 3 aromatic rings. The predicted octanol–water partition coefficient (Wildman–Crippen LogP) is 3.48. The van der Waals surface area contributed by atoms with Crippen molar-refractivity contribution in [3.05, 3.63) is 101 Å². The summed E-state index contributed by atoms with van der Waals surface area (Å²) < 4.78 is 42.8. The van der Waals surface area contributed by atoms with E-state index < -0.39 is 40.4 Å². The van der Waals surface area contributed by atoms with Gasteiger partial charge in [0.1, 0.15) is 18.4 Å². The zero-order valence-corrected chi connectivity index (χ0v) is 22.9. The van der Waals surface area contributed by atoms with E-state index in [0.717, 1.165) is 15.9 Å². The molecule has 3 rings (SSSR count). The van der Waals surface area contributed by atoms with Crippen LogP contribution in [0.5, 0.6) is 0 Å². The molecule has 0 aliphatic carbocycles. The number of amides is 2. The predicted molar refractivity (Wildman–Crippen MR) is 146 cm³/mol. The molecule has 0 heterocycles. The van der Waals surface area contributed by atoms with Crippen LogP contribution in [0.15, 0.2) is 78.9 Å². The summed E-state index contributed by atoms with van der Waals surface area (Å²) in [6.45, 7) is -0.731. The number of halogens is 2. The van der Waals surface area contributed by atoms with Gasteiger partial charge in [0, 0.05) is 39.1 Å². The molecule has 0 fully saturated rings. The monoisotopic (exact) mass is 560 g/mol. The van der Waals surface area contributed by atoms with Crippen LogP contribution in [0.3, 0.4) is 0 Å². The van der Waals surface area contributed by atoms with Crippen LogP contribution in [0.4, 0.5) is 10.1 Å². The number of rotatable bonds is 11. The Labute approximate surface area is 227 Å². The molecule has 202 valence electrons. The van der Waals surface area contributed by atoms with E-state index in [1.165, 1.54) is 44.2 Å². The first kappa shape index (κ1) is 29.1. The molecule has 1 N–H and O–H groups in total. The van der Waals surface area contributed by atoms with Gasteiger partial charge in [-0.25, -0.2) is 8.70 Å². The Balaban J connectivity index is 2.07. The fourth-order valence-corrected chi connectivity index (χ4v) is 5.05. The smallest absolute Gasteiger partial charge is 0.304 e. The average molecular weight is 561 g/mol. The maximum atomic E-state index is 14.8. The summed E-state index contributed by atoms with van der Waals surface area (Å²) in [5.74, 6) is -1.91. The molecular formula is C27H30ClFN4O4S. The summed E-state index contributed by atoms with van der Waals surface area (Å²) in [7, 11) is -0.218. The van der Waals surface area contributed by atoms with Crippen LogP contribution in [0.2, 0.25) is 5.02 Å². The molecule has 0 aliphatic heterocycles. The molecular weight excluding hydrogens is 531 g/mol. The van der Waals surface area contributed by atoms with E-state index in [1.807, 2.05) is 30.3 Å². The van der Waals surface area contributed by atoms with Crippen molar-refractivity contribution < 1.29 is 22.4 Å². The first-order chi connectivity index (χ1) is 18.0. The van der Waals surface area contributed by atoms with E-state index in [4.69, 9.17) is 11.6 Å². The Morgan fingerprint density at radius 3 is 2.11 bits per heavy atom. The second-order valence-corrected chi connectivity index (χ2v) is 11.2. The zero-order chi connectivity index (χ0) is 27.9. The number of para-hydroxylation sites is 1. The Morgan fingerprint density at radius 2 is 1.53 bits per heavy atom. The lowest BCUT2D eigenvalue weighted by Crippen LogP contribution is -2.54. The summed E-state index contributed by atoms with van der Waals surface area (Å²) in [5, 5.41) is 3.11. The number of nitrogens with zero attached hydrogens (tertiary/aromatic N) is 3. The number of hydrogen-bond donors (Lipinski definition) is 1. The van der Waals surface area contributed by atoms with Crippen LogP contribution < -0.4 is 9.62 Å². The topological polar surface area (TPSA) is 90.0 Å². The number of carbonyl (C=O) groups is 2. The maximum Gasteiger partial charge on any atom is 0.304 e. The third kappa shape index (κ3) is 7.09. The Bertz CT molecular complexity index is 1360. The molecule has 11 heteroatoms. The molecule has 0 aliphatic rings. The van der Waals surface area contributed by atoms with Gasteiger partial charge in [0.15, 0.2) is 0 Å². The van der Waals surface area contributed by atoms with Crippen LogP contribution in [-0.2, 0) is 32.8 Å². The van der Waals surface area contributed by atoms with Crippen LogP contribution >= 0.6 is 11.6 Å². The average Bonchev–Trinajstić information content (AvgIpc) is 2.90. The maximum absolute atomic E-state index is 14.8. The van der Waals surface area contributed by atoms with Crippen LogP contribution in [0.25, 0.3) is 0 Å². The lowest BCUT2D eigenvalue weighted by molar-refractivity contribution is -0.139. The largest absolute Gasteiger partial charge is 0.357 e. The number of nitrogens with one attached hydrogen (secondary N) is 1. The summed E-state index contributed by atoms with van der Waals surface area (Å²) in [6.07, 6.45) is 0.181. The van der Waals surface area contributed by atoms with Crippen molar-refractivity contribution in [3.8, 4) is 0 Å². The minimum absolute atomic E-state index is 0.00591. The van der Waals surface area contributed by atoms with E-state index in [-0.39, 0.29) is 18.7 Å². The molecule has 0 bridgehead atoms. The third-order valence-electron chi connectivity index (χ3n) is 5.92. The molecule has 3 aromatic carbocycles. The molecule has 0 saturated heterocycles. The van der Waals surface area contributed by atoms with E-state index >= 15 is 0 Å². The highest BCUT2D eigenvalue weighted by atomic mass is 35.5. The van der Waals surface area contributed by atoms with Crippen LogP contribution in [0.1, 0.15) is 11.1 Å². The standard InChI is InChI=1S/C27H30ClFN4O4S/c1-30-27(35)25(17-20-9-5-4-6-10-20)32(18-21-13-15-22(28)16-14-21)26(34)19-33(38(36,37)31(2)3)24-12-8-7-11-23(24)29/h4-16,25H,17-19H2,1-3H3,(H,30,35)/t25-/m0/s1. The van der Waals surface area contributed by atoms with E-state index in [9.17, 15) is 22.4 Å². The normalized spacial score (nSPS) is 12.2. The van der Waals surface area contributed by atoms with Gasteiger partial charge in [-0.3, -0.25) is 9.59 Å². The summed E-state index contributed by atoms with van der Waals surface area (Å²) in [4.78, 5) is 28.3. The molecule has 0 radical (unpaired) electrons. The number of benzene rings is 3. The van der Waals surface area contributed by atoms with Crippen molar-refractivity contribution in [2.24, 2.45) is 0 Å². The number of anilines is 1. The third-order valence-corrected chi connectivity index (χ3v) is 7.98. The quantitative estimate of drug-likeness (QED) is 0.389. The highest BCUT2D eigenvalue weighted by molar-refractivity contribution is 7.90. The van der Waals surface area contributed by atoms with Crippen molar-refractivity contribution in [2.45, 2.75) is 19.0 Å². The van der Waals surface area contributed by atoms with Gasteiger partial charge in [0.05, 0.1) is 5.69 Å². The number of hydrogen-bond acceptors (Lipinski definition) is 4. The molecule has 0 spiro atoms. The molecule has 2 amide bonds. The van der Waals surface area contributed by atoms with Gasteiger partial charge in [0.25, 0.3) is 0 Å². The molecule has 8 nitrogen and oxygen atoms in total. The SMILES string of the molecule is CNC(=O)[C@H](Cc1ccccc1)N(Cc1ccc(Cl)cc1)C(=O)CN(c1ccccc1F)S(=O)(=O)N(C)C. The lowest BCUT2D eigenvalue weighted by atomic mass is 10.0. The first-order valence-electron chi connectivity index (χ1n) is 11.8. The Morgan fingerprint density at radius 1 is 0.921 bits per heavy atom. The molecule has 0 aromatic heterocycles. The lowest BCUT2D eigenvalue weighted by Gasteiger charge is -2.34. The van der Waals surface area contributed by atoms with Gasteiger partial charge in [0.2, 0.25) is 11.8 Å². The fraction of sp³-hybridized carbons (Fsp3) is 0.259. The van der Waals surface area contributed by atoms with Crippen molar-refractivity contribution in [3.63, 3.8) is 0 Å². The number of likely N-dealkylation sites (N-methyl/N-ethyl adjacent to an activating group) is 1. The van der Waals surface area contributed by atoms with Crippen molar-refractivity contribution >= 4 is 39.3 Å². The Kier molecular flexibility index (Phi) is 9.84. The minimum atomic E-state index is -4.27.